The Kier molecular flexibility index (Phi) is 2.87. The van der Waals surface area contributed by atoms with E-state index in [0.29, 0.717) is 18.3 Å². The molecule has 2 N–H and O–H groups in total. The molecule has 1 amide bonds. The summed E-state index contributed by atoms with van der Waals surface area (Å²) in [6, 6.07) is 1.28. The first-order valence-electron chi connectivity index (χ1n) is 6.40. The van der Waals surface area contributed by atoms with Crippen LogP contribution in [0.4, 0.5) is 0 Å². The number of amides is 1. The van der Waals surface area contributed by atoms with E-state index >= 15 is 0 Å². The maximum atomic E-state index is 12.2. The number of hydrogen-bond donors (Lipinski definition) is 2. The number of nitrogens with one attached hydrogen (secondary N) is 2. The summed E-state index contributed by atoms with van der Waals surface area (Å²) < 4.78 is 0. The van der Waals surface area contributed by atoms with Crippen LogP contribution in [0.1, 0.15) is 47.9 Å². The van der Waals surface area contributed by atoms with E-state index in [-0.39, 0.29) is 17.2 Å². The Labute approximate surface area is 104 Å². The second-order valence-corrected chi connectivity index (χ2v) is 4.86. The fourth-order valence-electron chi connectivity index (χ4n) is 2.14. The molecule has 0 aromatic carbocycles. The van der Waals surface area contributed by atoms with Gasteiger partial charge in [0.1, 0.15) is 11.5 Å². The average molecular weight is 248 g/mol. The molecule has 1 saturated heterocycles. The molecule has 1 aliphatic carbocycles. The largest absolute Gasteiger partial charge is 0.310 e. The molecule has 6 nitrogen and oxygen atoms in total. The fraction of sp³-hybridized carbons (Fsp3) is 0.583. The third kappa shape index (κ3) is 2.28. The molecule has 3 rings (SSSR count). The molecule has 0 unspecified atom stereocenters. The minimum absolute atomic E-state index is 0.206. The van der Waals surface area contributed by atoms with E-state index in [9.17, 15) is 9.59 Å². The molecule has 0 spiro atoms. The van der Waals surface area contributed by atoms with Gasteiger partial charge in [-0.2, -0.15) is 0 Å². The van der Waals surface area contributed by atoms with Crippen molar-refractivity contribution in [3.8, 4) is 0 Å². The van der Waals surface area contributed by atoms with Gasteiger partial charge in [-0.25, -0.2) is 10.4 Å². The van der Waals surface area contributed by atoms with Gasteiger partial charge in [-0.1, -0.05) is 0 Å². The number of aromatic amines is 1. The Morgan fingerprint density at radius 1 is 1.39 bits per heavy atom. The normalized spacial score (nSPS) is 19.9. The molecule has 0 bridgehead atoms. The van der Waals surface area contributed by atoms with E-state index in [4.69, 9.17) is 0 Å². The van der Waals surface area contributed by atoms with Crippen molar-refractivity contribution in [1.82, 2.24) is 20.4 Å². The summed E-state index contributed by atoms with van der Waals surface area (Å²) in [6.45, 7) is 1.47. The lowest BCUT2D eigenvalue weighted by molar-refractivity contribution is 0.0604. The van der Waals surface area contributed by atoms with Gasteiger partial charge in [0.25, 0.3) is 11.5 Å². The van der Waals surface area contributed by atoms with Gasteiger partial charge in [0, 0.05) is 25.1 Å². The van der Waals surface area contributed by atoms with Gasteiger partial charge >= 0.3 is 0 Å². The highest BCUT2D eigenvalue weighted by atomic mass is 16.2. The van der Waals surface area contributed by atoms with Crippen molar-refractivity contribution < 1.29 is 4.79 Å². The predicted octanol–water partition coefficient (Wildman–Crippen LogP) is 0.388. The Hall–Kier alpha value is -1.69. The highest BCUT2D eigenvalue weighted by molar-refractivity contribution is 5.91. The molecular formula is C12H16N4O2. The summed E-state index contributed by atoms with van der Waals surface area (Å²) in [5.74, 6) is 0.783. The van der Waals surface area contributed by atoms with E-state index < -0.39 is 0 Å². The molecule has 0 atom stereocenters. The number of carbonyl (C=O) groups excluding carboxylic acids is 1. The van der Waals surface area contributed by atoms with Crippen LogP contribution in [0.15, 0.2) is 10.9 Å². The number of H-pyrrole nitrogens is 1. The molecule has 1 aliphatic heterocycles. The van der Waals surface area contributed by atoms with E-state index in [1.165, 1.54) is 6.07 Å². The first-order valence-corrected chi connectivity index (χ1v) is 6.40. The van der Waals surface area contributed by atoms with Crippen LogP contribution in [0, 0.1) is 0 Å². The van der Waals surface area contributed by atoms with E-state index in [1.54, 1.807) is 5.01 Å². The number of aromatic nitrogens is 2. The lowest BCUT2D eigenvalue weighted by atomic mass is 10.2. The van der Waals surface area contributed by atoms with Crippen LogP contribution in [-0.4, -0.2) is 34.0 Å². The van der Waals surface area contributed by atoms with Crippen molar-refractivity contribution in [3.05, 3.63) is 27.9 Å². The van der Waals surface area contributed by atoms with Crippen LogP contribution in [0.5, 0.6) is 0 Å². The van der Waals surface area contributed by atoms with E-state index in [0.717, 1.165) is 32.2 Å². The molecule has 6 heteroatoms. The number of carbonyl (C=O) groups is 1. The van der Waals surface area contributed by atoms with Crippen LogP contribution in [0.3, 0.4) is 0 Å². The smallest absolute Gasteiger partial charge is 0.286 e. The monoisotopic (exact) mass is 248 g/mol. The Balaban J connectivity index is 1.85. The minimum Gasteiger partial charge on any atom is -0.310 e. The molecular weight excluding hydrogens is 232 g/mol. The quantitative estimate of drug-likeness (QED) is 0.793. The zero-order chi connectivity index (χ0) is 12.5. The second kappa shape index (κ2) is 4.53. The highest BCUT2D eigenvalue weighted by Crippen LogP contribution is 2.37. The van der Waals surface area contributed by atoms with Crippen molar-refractivity contribution in [2.24, 2.45) is 0 Å². The lowest BCUT2D eigenvalue weighted by Gasteiger charge is -2.27. The van der Waals surface area contributed by atoms with Crippen LogP contribution in [0.2, 0.25) is 0 Å². The Bertz CT molecular complexity index is 515. The van der Waals surface area contributed by atoms with Crippen molar-refractivity contribution in [2.75, 3.05) is 13.1 Å². The number of hydrogen-bond acceptors (Lipinski definition) is 4. The Morgan fingerprint density at radius 2 is 2.22 bits per heavy atom. The van der Waals surface area contributed by atoms with Crippen molar-refractivity contribution in [3.63, 3.8) is 0 Å². The number of hydrazine groups is 1. The second-order valence-electron chi connectivity index (χ2n) is 4.86. The first-order chi connectivity index (χ1) is 8.74. The van der Waals surface area contributed by atoms with Crippen molar-refractivity contribution in [1.29, 1.82) is 0 Å². The van der Waals surface area contributed by atoms with Crippen LogP contribution < -0.4 is 11.0 Å². The Morgan fingerprint density at radius 3 is 2.89 bits per heavy atom. The molecule has 2 fully saturated rings. The molecule has 1 saturated carbocycles. The average Bonchev–Trinajstić information content (AvgIpc) is 3.22. The van der Waals surface area contributed by atoms with Gasteiger partial charge in [0.2, 0.25) is 0 Å². The number of rotatable bonds is 2. The molecule has 2 heterocycles. The third-order valence-electron chi connectivity index (χ3n) is 3.30. The van der Waals surface area contributed by atoms with Gasteiger partial charge in [-0.05, 0) is 25.7 Å². The summed E-state index contributed by atoms with van der Waals surface area (Å²) in [6.07, 6.45) is 4.14. The zero-order valence-electron chi connectivity index (χ0n) is 10.1. The maximum absolute atomic E-state index is 12.2. The van der Waals surface area contributed by atoms with Crippen molar-refractivity contribution >= 4 is 5.91 Å². The molecule has 18 heavy (non-hydrogen) atoms. The fourth-order valence-corrected chi connectivity index (χ4v) is 2.14. The molecule has 0 radical (unpaired) electrons. The SMILES string of the molecule is O=C(c1cc(=O)[nH]c(C2CC2)n1)N1CCCCN1. The van der Waals surface area contributed by atoms with E-state index in [2.05, 4.69) is 15.4 Å². The maximum Gasteiger partial charge on any atom is 0.286 e. The first kappa shape index (κ1) is 11.4. The van der Waals surface area contributed by atoms with Gasteiger partial charge < -0.3 is 4.98 Å². The van der Waals surface area contributed by atoms with Gasteiger partial charge in [0.15, 0.2) is 0 Å². The topological polar surface area (TPSA) is 78.1 Å². The van der Waals surface area contributed by atoms with Crippen LogP contribution in [0.25, 0.3) is 0 Å². The summed E-state index contributed by atoms with van der Waals surface area (Å²) in [5, 5.41) is 1.56. The summed E-state index contributed by atoms with van der Waals surface area (Å²) >= 11 is 0. The summed E-state index contributed by atoms with van der Waals surface area (Å²) in [5.41, 5.74) is 3.03. The highest BCUT2D eigenvalue weighted by Gasteiger charge is 2.28. The van der Waals surface area contributed by atoms with Gasteiger partial charge in [-0.3, -0.25) is 14.6 Å². The molecule has 2 aliphatic rings. The lowest BCUT2D eigenvalue weighted by Crippen LogP contribution is -2.47. The van der Waals surface area contributed by atoms with Gasteiger partial charge in [0.05, 0.1) is 0 Å². The van der Waals surface area contributed by atoms with Crippen molar-refractivity contribution in [2.45, 2.75) is 31.6 Å². The molecule has 1 aromatic rings. The predicted molar refractivity (Wildman–Crippen MR) is 65.1 cm³/mol. The number of nitrogens with zero attached hydrogens (tertiary/aromatic N) is 2. The van der Waals surface area contributed by atoms with Crippen LogP contribution >= 0.6 is 0 Å². The van der Waals surface area contributed by atoms with Crippen LogP contribution in [-0.2, 0) is 0 Å². The summed E-state index contributed by atoms with van der Waals surface area (Å²) in [7, 11) is 0. The van der Waals surface area contributed by atoms with Gasteiger partial charge in [-0.15, -0.1) is 0 Å². The molecule has 1 aromatic heterocycles. The third-order valence-corrected chi connectivity index (χ3v) is 3.30. The molecule has 96 valence electrons. The standard InChI is InChI=1S/C12H16N4O2/c17-10-7-9(14-11(15-10)8-3-4-8)12(18)16-6-2-1-5-13-16/h7-8,13H,1-6H2,(H,14,15,17). The summed E-state index contributed by atoms with van der Waals surface area (Å²) in [4.78, 5) is 30.7. The minimum atomic E-state index is -0.243. The van der Waals surface area contributed by atoms with E-state index in [1.807, 2.05) is 0 Å². The zero-order valence-corrected chi connectivity index (χ0v) is 10.1.